The molecule has 1 aliphatic heterocycles. The highest BCUT2D eigenvalue weighted by Crippen LogP contribution is 2.24. The number of methoxy groups -OCH3 is 2. The van der Waals surface area contributed by atoms with Crippen LogP contribution in [-0.4, -0.2) is 39.4 Å². The second kappa shape index (κ2) is 7.14. The third-order valence-corrected chi connectivity index (χ3v) is 3.58. The molecule has 5 heteroatoms. The molecule has 1 aromatic carbocycles. The SMILES string of the molecule is COC(=O)C(Nc1cccc(OC)c1)C1CCOCC1. The summed E-state index contributed by atoms with van der Waals surface area (Å²) in [6.45, 7) is 1.38. The molecule has 1 atom stereocenters. The fraction of sp³-hybridized carbons (Fsp3) is 0.533. The third kappa shape index (κ3) is 3.63. The first-order valence-corrected chi connectivity index (χ1v) is 6.80. The molecule has 0 amide bonds. The molecule has 20 heavy (non-hydrogen) atoms. The minimum atomic E-state index is -0.351. The van der Waals surface area contributed by atoms with Crippen molar-refractivity contribution in [2.24, 2.45) is 5.92 Å². The van der Waals surface area contributed by atoms with Crippen LogP contribution < -0.4 is 10.1 Å². The Hall–Kier alpha value is -1.75. The topological polar surface area (TPSA) is 56.8 Å². The lowest BCUT2D eigenvalue weighted by molar-refractivity contribution is -0.143. The molecule has 1 N–H and O–H groups in total. The Morgan fingerprint density at radius 3 is 2.75 bits per heavy atom. The molecule has 1 aliphatic rings. The fourth-order valence-electron chi connectivity index (χ4n) is 2.44. The van der Waals surface area contributed by atoms with Crippen LogP contribution in [0.2, 0.25) is 0 Å². The van der Waals surface area contributed by atoms with Gasteiger partial charge in [-0.25, -0.2) is 4.79 Å². The van der Waals surface area contributed by atoms with Crippen LogP contribution in [0.25, 0.3) is 0 Å². The van der Waals surface area contributed by atoms with E-state index in [1.807, 2.05) is 24.3 Å². The monoisotopic (exact) mass is 279 g/mol. The third-order valence-electron chi connectivity index (χ3n) is 3.58. The van der Waals surface area contributed by atoms with Crippen LogP contribution in [0.3, 0.4) is 0 Å². The molecule has 5 nitrogen and oxygen atoms in total. The number of carbonyl (C=O) groups excluding carboxylic acids is 1. The van der Waals surface area contributed by atoms with E-state index >= 15 is 0 Å². The first-order chi connectivity index (χ1) is 9.74. The summed E-state index contributed by atoms with van der Waals surface area (Å²) < 4.78 is 15.5. The van der Waals surface area contributed by atoms with Crippen molar-refractivity contribution >= 4 is 11.7 Å². The van der Waals surface area contributed by atoms with Crippen molar-refractivity contribution in [3.05, 3.63) is 24.3 Å². The maximum atomic E-state index is 12.0. The summed E-state index contributed by atoms with van der Waals surface area (Å²) in [7, 11) is 3.04. The zero-order valence-electron chi connectivity index (χ0n) is 11.9. The summed E-state index contributed by atoms with van der Waals surface area (Å²) in [6.07, 6.45) is 1.72. The second-order valence-electron chi connectivity index (χ2n) is 4.83. The largest absolute Gasteiger partial charge is 0.497 e. The molecule has 0 aromatic heterocycles. The van der Waals surface area contributed by atoms with Crippen LogP contribution >= 0.6 is 0 Å². The maximum absolute atomic E-state index is 12.0. The average Bonchev–Trinajstić information content (AvgIpc) is 2.53. The van der Waals surface area contributed by atoms with Crippen molar-refractivity contribution in [1.82, 2.24) is 0 Å². The number of ether oxygens (including phenoxy) is 3. The number of benzene rings is 1. The Balaban J connectivity index is 2.11. The molecule has 0 spiro atoms. The summed E-state index contributed by atoms with van der Waals surface area (Å²) in [5, 5.41) is 3.26. The molecular weight excluding hydrogens is 258 g/mol. The van der Waals surface area contributed by atoms with Gasteiger partial charge in [-0.3, -0.25) is 0 Å². The van der Waals surface area contributed by atoms with Crippen LogP contribution in [0.1, 0.15) is 12.8 Å². The highest BCUT2D eigenvalue weighted by atomic mass is 16.5. The molecular formula is C15H21NO4. The maximum Gasteiger partial charge on any atom is 0.328 e. The number of nitrogens with one attached hydrogen (secondary N) is 1. The molecule has 0 bridgehead atoms. The van der Waals surface area contributed by atoms with Crippen molar-refractivity contribution < 1.29 is 19.0 Å². The number of esters is 1. The highest BCUT2D eigenvalue weighted by molar-refractivity contribution is 5.79. The van der Waals surface area contributed by atoms with E-state index in [1.54, 1.807) is 7.11 Å². The van der Waals surface area contributed by atoms with Crippen molar-refractivity contribution in [1.29, 1.82) is 0 Å². The van der Waals surface area contributed by atoms with E-state index in [-0.39, 0.29) is 17.9 Å². The zero-order valence-corrected chi connectivity index (χ0v) is 11.9. The molecule has 1 heterocycles. The van der Waals surface area contributed by atoms with Gasteiger partial charge >= 0.3 is 5.97 Å². The average molecular weight is 279 g/mol. The van der Waals surface area contributed by atoms with Gasteiger partial charge in [0.1, 0.15) is 11.8 Å². The van der Waals surface area contributed by atoms with Gasteiger partial charge in [-0.05, 0) is 30.9 Å². The summed E-state index contributed by atoms with van der Waals surface area (Å²) in [5.74, 6) is 0.743. The number of carbonyl (C=O) groups is 1. The summed E-state index contributed by atoms with van der Waals surface area (Å²) in [5.41, 5.74) is 0.853. The lowest BCUT2D eigenvalue weighted by Gasteiger charge is -2.29. The smallest absolute Gasteiger partial charge is 0.328 e. The van der Waals surface area contributed by atoms with E-state index in [0.717, 1.165) is 24.3 Å². The number of rotatable bonds is 5. The standard InChI is InChI=1S/C15H21NO4/c1-18-13-5-3-4-12(10-13)16-14(15(17)19-2)11-6-8-20-9-7-11/h3-5,10-11,14,16H,6-9H2,1-2H3. The van der Waals surface area contributed by atoms with Crippen molar-refractivity contribution in [2.75, 3.05) is 32.8 Å². The van der Waals surface area contributed by atoms with E-state index in [4.69, 9.17) is 14.2 Å². The Morgan fingerprint density at radius 1 is 1.35 bits per heavy atom. The summed E-state index contributed by atoms with van der Waals surface area (Å²) >= 11 is 0. The molecule has 1 unspecified atom stereocenters. The minimum absolute atomic E-state index is 0.224. The van der Waals surface area contributed by atoms with Crippen LogP contribution in [0, 0.1) is 5.92 Å². The van der Waals surface area contributed by atoms with Gasteiger partial charge in [0.05, 0.1) is 14.2 Å². The van der Waals surface area contributed by atoms with Gasteiger partial charge in [-0.15, -0.1) is 0 Å². The molecule has 2 rings (SSSR count). The Labute approximate surface area is 119 Å². The van der Waals surface area contributed by atoms with E-state index in [9.17, 15) is 4.79 Å². The first kappa shape index (κ1) is 14.7. The van der Waals surface area contributed by atoms with Crippen molar-refractivity contribution in [3.63, 3.8) is 0 Å². The number of hydrogen-bond donors (Lipinski definition) is 1. The van der Waals surface area contributed by atoms with Gasteiger partial charge in [-0.1, -0.05) is 6.07 Å². The Bertz CT molecular complexity index is 443. The summed E-state index contributed by atoms with van der Waals surface area (Å²) in [6, 6.07) is 7.19. The predicted octanol–water partition coefficient (Wildman–Crippen LogP) is 2.08. The van der Waals surface area contributed by atoms with E-state index in [0.29, 0.717) is 13.2 Å². The van der Waals surface area contributed by atoms with Gasteiger partial charge in [0.15, 0.2) is 0 Å². The molecule has 0 saturated carbocycles. The van der Waals surface area contributed by atoms with Gasteiger partial charge in [0.2, 0.25) is 0 Å². The minimum Gasteiger partial charge on any atom is -0.497 e. The molecule has 1 saturated heterocycles. The number of hydrogen-bond acceptors (Lipinski definition) is 5. The van der Waals surface area contributed by atoms with Crippen LogP contribution in [0.4, 0.5) is 5.69 Å². The van der Waals surface area contributed by atoms with E-state index in [1.165, 1.54) is 7.11 Å². The van der Waals surface area contributed by atoms with Crippen molar-refractivity contribution in [3.8, 4) is 5.75 Å². The highest BCUT2D eigenvalue weighted by Gasteiger charge is 2.30. The molecule has 110 valence electrons. The summed E-state index contributed by atoms with van der Waals surface area (Å²) in [4.78, 5) is 12.0. The van der Waals surface area contributed by atoms with Gasteiger partial charge in [-0.2, -0.15) is 0 Å². The Morgan fingerprint density at radius 2 is 2.10 bits per heavy atom. The first-order valence-electron chi connectivity index (χ1n) is 6.80. The normalized spacial score (nSPS) is 17.3. The molecule has 0 radical (unpaired) electrons. The molecule has 0 aliphatic carbocycles. The zero-order chi connectivity index (χ0) is 14.4. The van der Waals surface area contributed by atoms with Gasteiger partial charge < -0.3 is 19.5 Å². The number of anilines is 1. The Kier molecular flexibility index (Phi) is 5.24. The van der Waals surface area contributed by atoms with Crippen LogP contribution in [0.15, 0.2) is 24.3 Å². The quantitative estimate of drug-likeness (QED) is 0.836. The van der Waals surface area contributed by atoms with Crippen molar-refractivity contribution in [2.45, 2.75) is 18.9 Å². The van der Waals surface area contributed by atoms with Gasteiger partial charge in [0, 0.05) is 25.0 Å². The van der Waals surface area contributed by atoms with E-state index in [2.05, 4.69) is 5.32 Å². The molecule has 1 aromatic rings. The van der Waals surface area contributed by atoms with Crippen LogP contribution in [0.5, 0.6) is 5.75 Å². The van der Waals surface area contributed by atoms with Crippen LogP contribution in [-0.2, 0) is 14.3 Å². The predicted molar refractivity (Wildman–Crippen MR) is 76.0 cm³/mol. The van der Waals surface area contributed by atoms with Gasteiger partial charge in [0.25, 0.3) is 0 Å². The van der Waals surface area contributed by atoms with E-state index < -0.39 is 0 Å². The molecule has 1 fully saturated rings. The lowest BCUT2D eigenvalue weighted by atomic mass is 9.91. The second-order valence-corrected chi connectivity index (χ2v) is 4.83. The fourth-order valence-corrected chi connectivity index (χ4v) is 2.44. The lowest BCUT2D eigenvalue weighted by Crippen LogP contribution is -2.40.